The lowest BCUT2D eigenvalue weighted by atomic mass is 9.86. The highest BCUT2D eigenvalue weighted by atomic mass is 16.6. The molecule has 2 atom stereocenters. The van der Waals surface area contributed by atoms with E-state index >= 15 is 0 Å². The molecule has 1 amide bonds. The molecule has 0 saturated heterocycles. The summed E-state index contributed by atoms with van der Waals surface area (Å²) in [5.41, 5.74) is 4.99. The molecule has 1 aliphatic heterocycles. The first-order chi connectivity index (χ1) is 13.2. The highest BCUT2D eigenvalue weighted by molar-refractivity contribution is 5.77. The van der Waals surface area contributed by atoms with Crippen LogP contribution in [0.3, 0.4) is 0 Å². The Morgan fingerprint density at radius 1 is 1.29 bits per heavy atom. The van der Waals surface area contributed by atoms with Crippen LogP contribution in [0.5, 0.6) is 5.75 Å². The lowest BCUT2D eigenvalue weighted by molar-refractivity contribution is 0.0517. The van der Waals surface area contributed by atoms with Gasteiger partial charge in [0.1, 0.15) is 11.4 Å². The molecule has 4 rings (SSSR count). The number of alkyl carbamates (subject to hydrolysis) is 1. The summed E-state index contributed by atoms with van der Waals surface area (Å²) < 4.78 is 11.6. The highest BCUT2D eigenvalue weighted by Crippen LogP contribution is 2.57. The van der Waals surface area contributed by atoms with Gasteiger partial charge in [-0.05, 0) is 64.7 Å². The Balaban J connectivity index is 1.65. The minimum atomic E-state index is -0.496. The van der Waals surface area contributed by atoms with E-state index in [0.717, 1.165) is 41.0 Å². The number of hydrogen-bond acceptors (Lipinski definition) is 4. The van der Waals surface area contributed by atoms with E-state index in [1.807, 2.05) is 33.9 Å². The second kappa shape index (κ2) is 6.50. The van der Waals surface area contributed by atoms with Gasteiger partial charge in [-0.1, -0.05) is 18.2 Å². The van der Waals surface area contributed by atoms with E-state index in [1.165, 1.54) is 5.56 Å². The van der Waals surface area contributed by atoms with E-state index in [2.05, 4.69) is 41.5 Å². The molecule has 2 unspecified atom stereocenters. The summed E-state index contributed by atoms with van der Waals surface area (Å²) >= 11 is 0. The minimum Gasteiger partial charge on any atom is -0.493 e. The Bertz CT molecular complexity index is 932. The van der Waals surface area contributed by atoms with Gasteiger partial charge in [0.15, 0.2) is 0 Å². The second-order valence-corrected chi connectivity index (χ2v) is 8.98. The fourth-order valence-corrected chi connectivity index (χ4v) is 4.20. The molecule has 2 heterocycles. The van der Waals surface area contributed by atoms with Crippen LogP contribution < -0.4 is 10.1 Å². The maximum absolute atomic E-state index is 12.2. The molecule has 1 aromatic heterocycles. The van der Waals surface area contributed by atoms with Gasteiger partial charge in [0.2, 0.25) is 0 Å². The average molecular weight is 380 g/mol. The molecule has 1 aliphatic carbocycles. The summed E-state index contributed by atoms with van der Waals surface area (Å²) in [6, 6.07) is 8.53. The van der Waals surface area contributed by atoms with Crippen LogP contribution in [0.4, 0.5) is 4.79 Å². The van der Waals surface area contributed by atoms with Crippen molar-refractivity contribution in [1.29, 1.82) is 0 Å². The molecule has 1 N–H and O–H groups in total. The maximum Gasteiger partial charge on any atom is 0.407 e. The lowest BCUT2D eigenvalue weighted by Gasteiger charge is -2.29. The van der Waals surface area contributed by atoms with Gasteiger partial charge >= 0.3 is 6.09 Å². The van der Waals surface area contributed by atoms with E-state index in [1.54, 1.807) is 0 Å². The molecule has 0 radical (unpaired) electrons. The number of aromatic nitrogens is 1. The Kier molecular flexibility index (Phi) is 4.36. The Morgan fingerprint density at radius 2 is 2.07 bits per heavy atom. The van der Waals surface area contributed by atoms with Crippen LogP contribution >= 0.6 is 0 Å². The van der Waals surface area contributed by atoms with Crippen LogP contribution in [0.1, 0.15) is 50.4 Å². The second-order valence-electron chi connectivity index (χ2n) is 8.98. The predicted octanol–water partition coefficient (Wildman–Crippen LogP) is 4.68. The number of nitrogens with one attached hydrogen (secondary N) is 1. The van der Waals surface area contributed by atoms with Crippen LogP contribution in [0.2, 0.25) is 0 Å². The summed E-state index contributed by atoms with van der Waals surface area (Å²) in [4.78, 5) is 16.6. The van der Waals surface area contributed by atoms with E-state index in [4.69, 9.17) is 9.47 Å². The SMILES string of the molecule is Cc1cc(-c2cccc3c2OCCC32CC2NC(=O)OC(C)(C)C)c(C)cn1. The number of carbonyl (C=O) groups excluding carboxylic acids is 1. The third-order valence-electron chi connectivity index (χ3n) is 5.64. The molecule has 5 nitrogen and oxygen atoms in total. The number of benzene rings is 1. The van der Waals surface area contributed by atoms with Crippen LogP contribution in [0.15, 0.2) is 30.5 Å². The number of carbonyl (C=O) groups is 1. The van der Waals surface area contributed by atoms with Gasteiger partial charge in [0, 0.05) is 34.5 Å². The molecule has 2 aliphatic rings. The highest BCUT2D eigenvalue weighted by Gasteiger charge is 2.59. The number of amides is 1. The van der Waals surface area contributed by atoms with Gasteiger partial charge in [0.25, 0.3) is 0 Å². The number of nitrogens with zero attached hydrogens (tertiary/aromatic N) is 1. The van der Waals surface area contributed by atoms with Crippen LogP contribution in [-0.4, -0.2) is 29.3 Å². The Morgan fingerprint density at radius 3 is 2.82 bits per heavy atom. The summed E-state index contributed by atoms with van der Waals surface area (Å²) in [6.07, 6.45) is 3.38. The van der Waals surface area contributed by atoms with Crippen molar-refractivity contribution in [3.63, 3.8) is 0 Å². The molecular weight excluding hydrogens is 352 g/mol. The van der Waals surface area contributed by atoms with Crippen molar-refractivity contribution in [2.75, 3.05) is 6.61 Å². The number of aryl methyl sites for hydroxylation is 2. The third-order valence-corrected chi connectivity index (χ3v) is 5.64. The van der Waals surface area contributed by atoms with Gasteiger partial charge in [0.05, 0.1) is 6.61 Å². The molecule has 1 spiro atoms. The summed E-state index contributed by atoms with van der Waals surface area (Å²) in [5.74, 6) is 0.941. The van der Waals surface area contributed by atoms with E-state index < -0.39 is 5.60 Å². The number of ether oxygens (including phenoxy) is 2. The number of hydrogen-bond donors (Lipinski definition) is 1. The number of pyridine rings is 1. The first-order valence-corrected chi connectivity index (χ1v) is 9.89. The smallest absolute Gasteiger partial charge is 0.407 e. The van der Waals surface area contributed by atoms with Crippen molar-refractivity contribution >= 4 is 6.09 Å². The predicted molar refractivity (Wildman–Crippen MR) is 109 cm³/mol. The van der Waals surface area contributed by atoms with E-state index in [9.17, 15) is 4.79 Å². The van der Waals surface area contributed by atoms with E-state index in [0.29, 0.717) is 6.61 Å². The fourth-order valence-electron chi connectivity index (χ4n) is 4.20. The third kappa shape index (κ3) is 3.34. The molecular formula is C23H28N2O3. The molecule has 28 heavy (non-hydrogen) atoms. The lowest BCUT2D eigenvalue weighted by Crippen LogP contribution is -2.37. The molecule has 1 fully saturated rings. The monoisotopic (exact) mass is 380 g/mol. The Labute approximate surface area is 166 Å². The molecule has 5 heteroatoms. The summed E-state index contributed by atoms with van der Waals surface area (Å²) in [6.45, 7) is 10.4. The van der Waals surface area contributed by atoms with Crippen molar-refractivity contribution in [3.8, 4) is 16.9 Å². The van der Waals surface area contributed by atoms with Gasteiger partial charge < -0.3 is 14.8 Å². The topological polar surface area (TPSA) is 60.5 Å². The molecule has 148 valence electrons. The summed E-state index contributed by atoms with van der Waals surface area (Å²) in [5, 5.41) is 3.06. The van der Waals surface area contributed by atoms with Crippen LogP contribution in [-0.2, 0) is 10.2 Å². The number of fused-ring (bicyclic) bond motifs is 2. The molecule has 1 saturated carbocycles. The quantitative estimate of drug-likeness (QED) is 0.822. The van der Waals surface area contributed by atoms with Crippen molar-refractivity contribution in [2.24, 2.45) is 0 Å². The van der Waals surface area contributed by atoms with E-state index in [-0.39, 0.29) is 17.6 Å². The van der Waals surface area contributed by atoms with Crippen molar-refractivity contribution in [1.82, 2.24) is 10.3 Å². The van der Waals surface area contributed by atoms with Crippen LogP contribution in [0, 0.1) is 13.8 Å². The number of rotatable bonds is 2. The zero-order valence-electron chi connectivity index (χ0n) is 17.3. The van der Waals surface area contributed by atoms with Crippen molar-refractivity contribution in [3.05, 3.63) is 47.3 Å². The zero-order chi connectivity index (χ0) is 20.1. The largest absolute Gasteiger partial charge is 0.493 e. The van der Waals surface area contributed by atoms with Crippen molar-refractivity contribution in [2.45, 2.75) is 64.5 Å². The van der Waals surface area contributed by atoms with Gasteiger partial charge in [-0.15, -0.1) is 0 Å². The van der Waals surface area contributed by atoms with Gasteiger partial charge in [-0.2, -0.15) is 0 Å². The normalized spacial score (nSPS) is 23.0. The molecule has 2 aromatic rings. The first-order valence-electron chi connectivity index (χ1n) is 9.89. The van der Waals surface area contributed by atoms with Gasteiger partial charge in [-0.3, -0.25) is 4.98 Å². The number of para-hydroxylation sites is 1. The maximum atomic E-state index is 12.2. The molecule has 0 bridgehead atoms. The zero-order valence-corrected chi connectivity index (χ0v) is 17.3. The average Bonchev–Trinajstić information content (AvgIpc) is 3.27. The van der Waals surface area contributed by atoms with Crippen molar-refractivity contribution < 1.29 is 14.3 Å². The minimum absolute atomic E-state index is 0.0591. The van der Waals surface area contributed by atoms with Gasteiger partial charge in [-0.25, -0.2) is 4.79 Å². The fraction of sp³-hybridized carbons (Fsp3) is 0.478. The first kappa shape index (κ1) is 18.8. The standard InChI is InChI=1S/C23H28N2O3/c1-14-13-24-15(2)11-17(14)16-7-6-8-18-20(16)27-10-9-23(18)12-19(23)25-21(26)28-22(3,4)5/h6-8,11,13,19H,9-10,12H2,1-5H3,(H,25,26). The molecule has 1 aromatic carbocycles. The van der Waals surface area contributed by atoms with Crippen LogP contribution in [0.25, 0.3) is 11.1 Å². The summed E-state index contributed by atoms with van der Waals surface area (Å²) in [7, 11) is 0. The Hall–Kier alpha value is -2.56.